The number of halogens is 3. The molecule has 3 heterocycles. The lowest BCUT2D eigenvalue weighted by Crippen LogP contribution is -2.54. The molecular weight excluding hydrogens is 798 g/mol. The lowest BCUT2D eigenvalue weighted by Gasteiger charge is -2.27. The molecule has 322 valence electrons. The van der Waals surface area contributed by atoms with E-state index >= 15 is 0 Å². The Morgan fingerprint density at radius 2 is 1.84 bits per heavy atom. The number of aromatic nitrogens is 2. The number of unbranched alkanes of at least 4 members (excludes halogenated alkanes) is 1. The van der Waals surface area contributed by atoms with Crippen molar-refractivity contribution in [1.82, 2.24) is 25.1 Å². The summed E-state index contributed by atoms with van der Waals surface area (Å²) >= 11 is 0. The molecular formula is C43H47F3N8O7. The topological polar surface area (TPSA) is 198 Å². The Hall–Kier alpha value is -6.46. The van der Waals surface area contributed by atoms with Crippen molar-refractivity contribution < 1.29 is 46.6 Å². The number of rotatable bonds is 16. The Morgan fingerprint density at radius 1 is 1.07 bits per heavy atom. The smallest absolute Gasteiger partial charge is 0.416 e. The summed E-state index contributed by atoms with van der Waals surface area (Å²) in [6, 6.07) is 10.1. The molecule has 5 amide bonds. The summed E-state index contributed by atoms with van der Waals surface area (Å²) in [6.07, 6.45) is -1.30. The summed E-state index contributed by atoms with van der Waals surface area (Å²) in [4.78, 5) is 75.6. The molecule has 0 spiro atoms. The lowest BCUT2D eigenvalue weighted by molar-refractivity contribution is -0.138. The van der Waals surface area contributed by atoms with E-state index in [0.717, 1.165) is 29.9 Å². The average Bonchev–Trinajstić information content (AvgIpc) is 3.92. The molecule has 3 aliphatic rings. The van der Waals surface area contributed by atoms with Crippen LogP contribution in [0.1, 0.15) is 95.6 Å². The zero-order valence-corrected chi connectivity index (χ0v) is 34.2. The standard InChI is InChI=1S/C43H47F3N8O7/c1-23(25-16-26(43(44,45)46)18-27(47)17-25)49-38-29-19-34(33(60-4)20-31(29)50-24(2)51-38)61-22-42(13-14-42)21-53(3)36(56)10-5-6-15-48-30-9-7-8-28-37(30)41(59)54(40(28)58)32-11-12-35(55)52-39(32)57/h7-9,16-20,23,32,48H,5-6,10-15,21-22,47H2,1-4H3,(H,49,50,51)(H,52,55,57)/t23-,32?/m1/s1. The van der Waals surface area contributed by atoms with Crippen molar-refractivity contribution in [3.8, 4) is 11.5 Å². The van der Waals surface area contributed by atoms with Gasteiger partial charge in [-0.2, -0.15) is 13.2 Å². The number of alkyl halides is 3. The van der Waals surface area contributed by atoms with E-state index in [1.807, 2.05) is 0 Å². The number of fused-ring (bicyclic) bond motifs is 2. The number of piperidine rings is 1. The molecule has 7 rings (SSSR count). The summed E-state index contributed by atoms with van der Waals surface area (Å²) in [5.74, 6) is -0.618. The number of carbonyl (C=O) groups excluding carboxylic acids is 5. The predicted octanol–water partition coefficient (Wildman–Crippen LogP) is 6.02. The minimum absolute atomic E-state index is 0.00760. The Balaban J connectivity index is 0.929. The van der Waals surface area contributed by atoms with Gasteiger partial charge in [-0.3, -0.25) is 34.2 Å². The Kier molecular flexibility index (Phi) is 11.8. The quantitative estimate of drug-likeness (QED) is 0.0582. The molecule has 1 saturated heterocycles. The molecule has 1 aromatic heterocycles. The fourth-order valence-corrected chi connectivity index (χ4v) is 7.84. The van der Waals surface area contributed by atoms with Crippen molar-refractivity contribution in [3.05, 3.63) is 76.6 Å². The van der Waals surface area contributed by atoms with Crippen LogP contribution in [0.2, 0.25) is 0 Å². The second-order valence-electron chi connectivity index (χ2n) is 16.0. The van der Waals surface area contributed by atoms with Gasteiger partial charge in [0.2, 0.25) is 17.7 Å². The third kappa shape index (κ3) is 9.17. The number of nitrogen functional groups attached to an aromatic ring is 1. The first-order valence-electron chi connectivity index (χ1n) is 20.0. The zero-order valence-electron chi connectivity index (χ0n) is 34.2. The summed E-state index contributed by atoms with van der Waals surface area (Å²) < 4.78 is 52.7. The molecule has 18 heteroatoms. The third-order valence-electron chi connectivity index (χ3n) is 11.3. The minimum Gasteiger partial charge on any atom is -0.493 e. The molecule has 15 nitrogen and oxygen atoms in total. The number of anilines is 3. The van der Waals surface area contributed by atoms with E-state index in [0.29, 0.717) is 84.3 Å². The molecule has 1 unspecified atom stereocenters. The van der Waals surface area contributed by atoms with Crippen molar-refractivity contribution in [2.75, 3.05) is 50.2 Å². The van der Waals surface area contributed by atoms with Gasteiger partial charge >= 0.3 is 6.18 Å². The molecule has 5 N–H and O–H groups in total. The van der Waals surface area contributed by atoms with Crippen LogP contribution >= 0.6 is 0 Å². The first-order chi connectivity index (χ1) is 29.0. The summed E-state index contributed by atoms with van der Waals surface area (Å²) in [5.41, 5.74) is 6.42. The second kappa shape index (κ2) is 16.9. The number of imide groups is 2. The van der Waals surface area contributed by atoms with Gasteiger partial charge in [0.15, 0.2) is 11.5 Å². The van der Waals surface area contributed by atoms with E-state index in [2.05, 4.69) is 25.9 Å². The highest BCUT2D eigenvalue weighted by Crippen LogP contribution is 2.47. The fourth-order valence-electron chi connectivity index (χ4n) is 7.84. The number of nitrogens with two attached hydrogens (primary N) is 1. The number of methoxy groups -OCH3 is 1. The number of amides is 5. The van der Waals surface area contributed by atoms with E-state index in [-0.39, 0.29) is 41.0 Å². The molecule has 61 heavy (non-hydrogen) atoms. The van der Waals surface area contributed by atoms with Crippen LogP contribution in [-0.4, -0.2) is 89.2 Å². The fraction of sp³-hybridized carbons (Fsp3) is 0.419. The van der Waals surface area contributed by atoms with Crippen LogP contribution in [0.4, 0.5) is 30.4 Å². The Bertz CT molecular complexity index is 2420. The van der Waals surface area contributed by atoms with E-state index in [1.165, 1.54) is 19.2 Å². The molecule has 1 aliphatic carbocycles. The maximum Gasteiger partial charge on any atom is 0.416 e. The highest BCUT2D eigenvalue weighted by molar-refractivity contribution is 6.25. The first kappa shape index (κ1) is 42.7. The van der Waals surface area contributed by atoms with Crippen LogP contribution in [0.5, 0.6) is 11.5 Å². The molecule has 3 aromatic carbocycles. The number of benzene rings is 3. The van der Waals surface area contributed by atoms with Gasteiger partial charge in [-0.1, -0.05) is 6.07 Å². The molecule has 1 saturated carbocycles. The number of hydrogen-bond donors (Lipinski definition) is 4. The Morgan fingerprint density at radius 3 is 2.54 bits per heavy atom. The number of aryl methyl sites for hydroxylation is 1. The number of ether oxygens (including phenoxy) is 2. The summed E-state index contributed by atoms with van der Waals surface area (Å²) in [6.45, 7) is 4.64. The van der Waals surface area contributed by atoms with Gasteiger partial charge in [0.25, 0.3) is 11.8 Å². The molecule has 4 aromatic rings. The van der Waals surface area contributed by atoms with Gasteiger partial charge in [-0.05, 0) is 87.9 Å². The van der Waals surface area contributed by atoms with Crippen molar-refractivity contribution in [2.45, 2.75) is 77.1 Å². The molecule has 0 bridgehead atoms. The minimum atomic E-state index is -4.56. The predicted molar refractivity (Wildman–Crippen MR) is 219 cm³/mol. The summed E-state index contributed by atoms with van der Waals surface area (Å²) in [5, 5.41) is 9.22. The number of hydrogen-bond acceptors (Lipinski definition) is 12. The van der Waals surface area contributed by atoms with Crippen LogP contribution < -0.4 is 31.2 Å². The van der Waals surface area contributed by atoms with E-state index in [4.69, 9.17) is 15.2 Å². The van der Waals surface area contributed by atoms with Crippen LogP contribution in [0.15, 0.2) is 48.5 Å². The zero-order chi connectivity index (χ0) is 43.8. The molecule has 2 aliphatic heterocycles. The van der Waals surface area contributed by atoms with E-state index in [9.17, 15) is 37.1 Å². The van der Waals surface area contributed by atoms with Crippen molar-refractivity contribution in [3.63, 3.8) is 0 Å². The molecule has 0 radical (unpaired) electrons. The molecule has 2 atom stereocenters. The number of nitrogens with one attached hydrogen (secondary N) is 3. The van der Waals surface area contributed by atoms with Gasteiger partial charge in [0, 0.05) is 61.2 Å². The van der Waals surface area contributed by atoms with Crippen LogP contribution in [0.3, 0.4) is 0 Å². The highest BCUT2D eigenvalue weighted by Gasteiger charge is 2.46. The van der Waals surface area contributed by atoms with Crippen LogP contribution in [0.25, 0.3) is 10.9 Å². The number of nitrogens with zero attached hydrogens (tertiary/aromatic N) is 4. The maximum atomic E-state index is 13.5. The molecule has 2 fully saturated rings. The van der Waals surface area contributed by atoms with Crippen molar-refractivity contribution in [2.24, 2.45) is 5.41 Å². The van der Waals surface area contributed by atoms with Crippen LogP contribution in [-0.2, 0) is 20.6 Å². The first-order valence-corrected chi connectivity index (χ1v) is 20.0. The van der Waals surface area contributed by atoms with Crippen molar-refractivity contribution >= 4 is 57.6 Å². The highest BCUT2D eigenvalue weighted by atomic mass is 19.4. The van der Waals surface area contributed by atoms with E-state index in [1.54, 1.807) is 50.1 Å². The van der Waals surface area contributed by atoms with Gasteiger partial charge in [-0.25, -0.2) is 9.97 Å². The Labute approximate surface area is 349 Å². The van der Waals surface area contributed by atoms with E-state index < -0.39 is 47.5 Å². The van der Waals surface area contributed by atoms with Gasteiger partial charge in [-0.15, -0.1) is 0 Å². The third-order valence-corrected chi connectivity index (χ3v) is 11.3. The largest absolute Gasteiger partial charge is 0.493 e. The monoisotopic (exact) mass is 844 g/mol. The van der Waals surface area contributed by atoms with Gasteiger partial charge in [0.1, 0.15) is 17.7 Å². The normalized spacial score (nSPS) is 17.5. The SMILES string of the molecule is COc1cc2nc(C)nc(N[C@H](C)c3cc(N)cc(C(F)(F)F)c3)c2cc1OCC1(CN(C)C(=O)CCCCNc2cccc3c2C(=O)N(C2CCC(=O)NC2=O)C3=O)CC1. The summed E-state index contributed by atoms with van der Waals surface area (Å²) in [7, 11) is 3.28. The van der Waals surface area contributed by atoms with Crippen LogP contribution in [0, 0.1) is 12.3 Å². The second-order valence-corrected chi connectivity index (χ2v) is 16.0. The lowest BCUT2D eigenvalue weighted by atomic mass is 10.0. The van der Waals surface area contributed by atoms with Gasteiger partial charge < -0.3 is 30.7 Å². The average molecular weight is 845 g/mol. The van der Waals surface area contributed by atoms with Crippen molar-refractivity contribution in [1.29, 1.82) is 0 Å². The number of carbonyl (C=O) groups is 5. The van der Waals surface area contributed by atoms with Gasteiger partial charge in [0.05, 0.1) is 42.0 Å². The maximum absolute atomic E-state index is 13.5.